The van der Waals surface area contributed by atoms with Gasteiger partial charge in [0.25, 0.3) is 0 Å². The number of rotatable bonds is 1. The molecule has 0 aromatic carbocycles. The van der Waals surface area contributed by atoms with Gasteiger partial charge in [0.1, 0.15) is 0 Å². The van der Waals surface area contributed by atoms with E-state index in [2.05, 4.69) is 20.9 Å². The lowest BCUT2D eigenvalue weighted by atomic mass is 10.4. The second-order valence-corrected chi connectivity index (χ2v) is 3.16. The number of pyridine rings is 1. The molecule has 1 aromatic rings. The van der Waals surface area contributed by atoms with Crippen molar-refractivity contribution in [1.29, 1.82) is 0 Å². The lowest BCUT2D eigenvalue weighted by Crippen LogP contribution is -2.03. The summed E-state index contributed by atoms with van der Waals surface area (Å²) in [7, 11) is 0. The third-order valence-electron chi connectivity index (χ3n) is 1.24. The lowest BCUT2D eigenvalue weighted by molar-refractivity contribution is -0.132. The average molecular weight is 230 g/mol. The third kappa shape index (κ3) is 2.30. The van der Waals surface area contributed by atoms with Crippen LogP contribution in [-0.2, 0) is 4.79 Å². The average Bonchev–Trinajstić information content (AvgIpc) is 1.96. The molecule has 0 saturated carbocycles. The van der Waals surface area contributed by atoms with Crippen LogP contribution in [0.15, 0.2) is 16.6 Å². The first kappa shape index (κ1) is 9.19. The number of aryl methyl sites for hydroxylation is 1. The molecule has 1 heterocycles. The molecule has 0 spiro atoms. The molecule has 0 amide bonds. The van der Waals surface area contributed by atoms with Crippen LogP contribution in [-0.4, -0.2) is 11.0 Å². The number of halogens is 1. The summed E-state index contributed by atoms with van der Waals surface area (Å²) in [5, 5.41) is 0. The molecule has 0 fully saturated rings. The van der Waals surface area contributed by atoms with Crippen LogP contribution in [0.4, 0.5) is 0 Å². The minimum atomic E-state index is -0.357. The summed E-state index contributed by atoms with van der Waals surface area (Å²) < 4.78 is 5.68. The van der Waals surface area contributed by atoms with Crippen molar-refractivity contribution < 1.29 is 9.53 Å². The first-order valence-corrected chi connectivity index (χ1v) is 4.20. The van der Waals surface area contributed by atoms with E-state index in [0.29, 0.717) is 5.88 Å². The summed E-state index contributed by atoms with van der Waals surface area (Å²) in [4.78, 5) is 14.6. The van der Waals surface area contributed by atoms with Gasteiger partial charge in [0.15, 0.2) is 0 Å². The van der Waals surface area contributed by atoms with Crippen LogP contribution in [0.1, 0.15) is 12.6 Å². The van der Waals surface area contributed by atoms with Crippen molar-refractivity contribution >= 4 is 21.9 Å². The molecule has 0 aliphatic carbocycles. The van der Waals surface area contributed by atoms with Gasteiger partial charge in [-0.3, -0.25) is 4.79 Å². The number of ether oxygens (including phenoxy) is 1. The van der Waals surface area contributed by atoms with E-state index in [4.69, 9.17) is 4.74 Å². The molecule has 0 aliphatic rings. The van der Waals surface area contributed by atoms with Crippen LogP contribution >= 0.6 is 15.9 Å². The van der Waals surface area contributed by atoms with Gasteiger partial charge in [-0.15, -0.1) is 0 Å². The van der Waals surface area contributed by atoms with Crippen LogP contribution < -0.4 is 4.74 Å². The third-order valence-corrected chi connectivity index (χ3v) is 2.08. The number of hydrogen-bond acceptors (Lipinski definition) is 3. The zero-order valence-electron chi connectivity index (χ0n) is 6.80. The fourth-order valence-electron chi connectivity index (χ4n) is 0.725. The van der Waals surface area contributed by atoms with Gasteiger partial charge in [-0.05, 0) is 28.9 Å². The van der Waals surface area contributed by atoms with E-state index in [0.717, 1.165) is 10.2 Å². The van der Waals surface area contributed by atoms with E-state index in [1.807, 2.05) is 6.92 Å². The van der Waals surface area contributed by atoms with Gasteiger partial charge in [0.05, 0.1) is 5.69 Å². The highest BCUT2D eigenvalue weighted by molar-refractivity contribution is 9.10. The van der Waals surface area contributed by atoms with Crippen LogP contribution in [0.2, 0.25) is 0 Å². The smallest absolute Gasteiger partial charge is 0.309 e. The van der Waals surface area contributed by atoms with Crippen LogP contribution in [0.5, 0.6) is 5.88 Å². The van der Waals surface area contributed by atoms with Gasteiger partial charge in [-0.1, -0.05) is 0 Å². The number of aromatic nitrogens is 1. The topological polar surface area (TPSA) is 39.2 Å². The first-order valence-electron chi connectivity index (χ1n) is 3.41. The number of hydrogen-bond donors (Lipinski definition) is 0. The SMILES string of the molecule is CC(=O)Oc1ccc(Br)c(C)n1. The van der Waals surface area contributed by atoms with Gasteiger partial charge in [0, 0.05) is 17.5 Å². The fourth-order valence-corrected chi connectivity index (χ4v) is 0.946. The van der Waals surface area contributed by atoms with Crippen LogP contribution in [0, 0.1) is 6.92 Å². The second kappa shape index (κ2) is 3.67. The molecule has 0 N–H and O–H groups in total. The highest BCUT2D eigenvalue weighted by Gasteiger charge is 2.01. The normalized spacial score (nSPS) is 9.58. The van der Waals surface area contributed by atoms with Crippen molar-refractivity contribution in [3.8, 4) is 5.88 Å². The zero-order valence-corrected chi connectivity index (χ0v) is 8.38. The van der Waals surface area contributed by atoms with Gasteiger partial charge in [-0.25, -0.2) is 4.98 Å². The lowest BCUT2D eigenvalue weighted by Gasteiger charge is -2.01. The Kier molecular flexibility index (Phi) is 2.81. The van der Waals surface area contributed by atoms with Crippen molar-refractivity contribution in [1.82, 2.24) is 4.98 Å². The maximum atomic E-state index is 10.5. The van der Waals surface area contributed by atoms with Gasteiger partial charge in [-0.2, -0.15) is 0 Å². The Hall–Kier alpha value is -0.900. The quantitative estimate of drug-likeness (QED) is 0.693. The maximum absolute atomic E-state index is 10.5. The zero-order chi connectivity index (χ0) is 9.14. The van der Waals surface area contributed by atoms with Crippen molar-refractivity contribution in [2.24, 2.45) is 0 Å². The summed E-state index contributed by atoms with van der Waals surface area (Å²) in [6.07, 6.45) is 0. The van der Waals surface area contributed by atoms with Crippen molar-refractivity contribution in [3.63, 3.8) is 0 Å². The molecule has 0 unspecified atom stereocenters. The Morgan fingerprint density at radius 2 is 2.25 bits per heavy atom. The van der Waals surface area contributed by atoms with Crippen molar-refractivity contribution in [2.45, 2.75) is 13.8 Å². The standard InChI is InChI=1S/C8H8BrNO2/c1-5-7(9)3-4-8(10-5)12-6(2)11/h3-4H,1-2H3. The number of nitrogens with zero attached hydrogens (tertiary/aromatic N) is 1. The van der Waals surface area contributed by atoms with E-state index in [9.17, 15) is 4.79 Å². The monoisotopic (exact) mass is 229 g/mol. The molecule has 1 aromatic heterocycles. The number of esters is 1. The summed E-state index contributed by atoms with van der Waals surface area (Å²) >= 11 is 3.29. The molecule has 0 radical (unpaired) electrons. The maximum Gasteiger partial charge on any atom is 0.309 e. The minimum Gasteiger partial charge on any atom is -0.408 e. The second-order valence-electron chi connectivity index (χ2n) is 2.31. The Balaban J connectivity index is 2.89. The Morgan fingerprint density at radius 3 is 2.75 bits per heavy atom. The molecule has 0 bridgehead atoms. The van der Waals surface area contributed by atoms with Crippen molar-refractivity contribution in [2.75, 3.05) is 0 Å². The van der Waals surface area contributed by atoms with Crippen LogP contribution in [0.3, 0.4) is 0 Å². The molecule has 64 valence electrons. The number of carbonyl (C=O) groups excluding carboxylic acids is 1. The van der Waals surface area contributed by atoms with Crippen molar-refractivity contribution in [3.05, 3.63) is 22.3 Å². The predicted molar refractivity (Wildman–Crippen MR) is 48.0 cm³/mol. The summed E-state index contributed by atoms with van der Waals surface area (Å²) in [6.45, 7) is 3.18. The Morgan fingerprint density at radius 1 is 1.58 bits per heavy atom. The summed E-state index contributed by atoms with van der Waals surface area (Å²) in [6, 6.07) is 3.43. The Labute approximate surface area is 78.9 Å². The highest BCUT2D eigenvalue weighted by Crippen LogP contribution is 2.17. The highest BCUT2D eigenvalue weighted by atomic mass is 79.9. The Bertz CT molecular complexity index is 312. The van der Waals surface area contributed by atoms with Gasteiger partial charge < -0.3 is 4.74 Å². The molecule has 0 atom stereocenters. The van der Waals surface area contributed by atoms with E-state index >= 15 is 0 Å². The fraction of sp³-hybridized carbons (Fsp3) is 0.250. The van der Waals surface area contributed by atoms with Gasteiger partial charge >= 0.3 is 5.97 Å². The number of carbonyl (C=O) groups is 1. The molecule has 0 saturated heterocycles. The van der Waals surface area contributed by atoms with Crippen LogP contribution in [0.25, 0.3) is 0 Å². The molecule has 1 rings (SSSR count). The summed E-state index contributed by atoms with van der Waals surface area (Å²) in [5.74, 6) is -0.0209. The molecule has 12 heavy (non-hydrogen) atoms. The molecular formula is C8H8BrNO2. The van der Waals surface area contributed by atoms with E-state index in [1.165, 1.54) is 6.92 Å². The van der Waals surface area contributed by atoms with Gasteiger partial charge in [0.2, 0.25) is 5.88 Å². The van der Waals surface area contributed by atoms with E-state index in [-0.39, 0.29) is 5.97 Å². The predicted octanol–water partition coefficient (Wildman–Crippen LogP) is 2.08. The first-order chi connectivity index (χ1) is 5.59. The van der Waals surface area contributed by atoms with E-state index in [1.54, 1.807) is 12.1 Å². The summed E-state index contributed by atoms with van der Waals surface area (Å²) in [5.41, 5.74) is 0.800. The molecule has 4 heteroatoms. The minimum absolute atomic E-state index is 0.336. The molecule has 3 nitrogen and oxygen atoms in total. The molecular weight excluding hydrogens is 222 g/mol. The van der Waals surface area contributed by atoms with E-state index < -0.39 is 0 Å². The largest absolute Gasteiger partial charge is 0.408 e. The molecule has 0 aliphatic heterocycles.